The minimum Gasteiger partial charge on any atom is -0.497 e. The van der Waals surface area contributed by atoms with E-state index in [0.29, 0.717) is 32.3 Å². The Morgan fingerprint density at radius 2 is 1.51 bits per heavy atom. The molecule has 0 saturated carbocycles. The van der Waals surface area contributed by atoms with Gasteiger partial charge in [-0.2, -0.15) is 0 Å². The van der Waals surface area contributed by atoms with Gasteiger partial charge in [-0.05, 0) is 118 Å². The topological polar surface area (TPSA) is 73.8 Å². The van der Waals surface area contributed by atoms with Gasteiger partial charge in [0.1, 0.15) is 5.75 Å². The van der Waals surface area contributed by atoms with Crippen molar-refractivity contribution in [1.82, 2.24) is 0 Å². The number of rotatable bonds is 25. The van der Waals surface area contributed by atoms with Gasteiger partial charge in [0.15, 0.2) is 27.2 Å². The number of methoxy groups -OCH3 is 2. The van der Waals surface area contributed by atoms with Crippen LogP contribution in [0.3, 0.4) is 0 Å². The van der Waals surface area contributed by atoms with Gasteiger partial charge in [-0.1, -0.05) is 91.8 Å². The van der Waals surface area contributed by atoms with Crippen LogP contribution in [0.4, 0.5) is 0 Å². The van der Waals surface area contributed by atoms with Gasteiger partial charge in [-0.3, -0.25) is 0 Å². The molecule has 63 heavy (non-hydrogen) atoms. The van der Waals surface area contributed by atoms with E-state index in [1.54, 1.807) is 7.11 Å². The highest BCUT2D eigenvalue weighted by molar-refractivity contribution is 8.21. The largest absolute Gasteiger partial charge is 0.497 e. The van der Waals surface area contributed by atoms with Gasteiger partial charge in [-0.25, -0.2) is 0 Å². The summed E-state index contributed by atoms with van der Waals surface area (Å²) in [6.07, 6.45) is 12.5. The predicted molar refractivity (Wildman–Crippen MR) is 274 cm³/mol. The molecule has 1 unspecified atom stereocenters. The fraction of sp³-hybridized carbons (Fsp3) is 0.765. The summed E-state index contributed by atoms with van der Waals surface area (Å²) in [6.45, 7) is 38.8. The lowest BCUT2D eigenvalue weighted by Gasteiger charge is -2.45. The van der Waals surface area contributed by atoms with Crippen LogP contribution in [-0.4, -0.2) is 97.2 Å². The third-order valence-corrected chi connectivity index (χ3v) is 26.1. The van der Waals surface area contributed by atoms with Gasteiger partial charge in [-0.15, -0.1) is 23.5 Å². The smallest absolute Gasteiger partial charge is 0.192 e. The van der Waals surface area contributed by atoms with Crippen LogP contribution in [0.2, 0.25) is 36.3 Å². The molecule has 0 N–H and O–H groups in total. The van der Waals surface area contributed by atoms with E-state index in [1.807, 2.05) is 68.7 Å². The highest BCUT2D eigenvalue weighted by Gasteiger charge is 2.47. The summed E-state index contributed by atoms with van der Waals surface area (Å²) < 4.78 is 51.1. The minimum atomic E-state index is -2.21. The van der Waals surface area contributed by atoms with Crippen molar-refractivity contribution < 1.29 is 37.3 Å². The van der Waals surface area contributed by atoms with Crippen molar-refractivity contribution in [3.8, 4) is 5.75 Å². The van der Waals surface area contributed by atoms with E-state index < -0.39 is 16.6 Å². The number of hydrogen-bond acceptors (Lipinski definition) is 10. The van der Waals surface area contributed by atoms with Crippen molar-refractivity contribution in [2.45, 2.75) is 187 Å². The zero-order valence-electron chi connectivity index (χ0n) is 42.9. The Bertz CT molecular complexity index is 1580. The van der Waals surface area contributed by atoms with Crippen molar-refractivity contribution in [1.29, 1.82) is 0 Å². The maximum atomic E-state index is 7.46. The normalized spacial score (nSPS) is 22.3. The second-order valence-corrected chi connectivity index (χ2v) is 33.5. The van der Waals surface area contributed by atoms with E-state index in [0.717, 1.165) is 54.1 Å². The van der Waals surface area contributed by atoms with E-state index in [-0.39, 0.29) is 56.9 Å². The van der Waals surface area contributed by atoms with Crippen LogP contribution in [0.1, 0.15) is 114 Å². The quantitative estimate of drug-likeness (QED) is 0.0311. The molecule has 0 aliphatic carbocycles. The summed E-state index contributed by atoms with van der Waals surface area (Å²) >= 11 is 3.99. The van der Waals surface area contributed by atoms with Crippen LogP contribution in [0.15, 0.2) is 59.7 Å². The molecule has 2 aliphatic heterocycles. The fourth-order valence-corrected chi connectivity index (χ4v) is 13.7. The molecule has 2 fully saturated rings. The van der Waals surface area contributed by atoms with E-state index in [9.17, 15) is 0 Å². The predicted octanol–water partition coefficient (Wildman–Crippen LogP) is 13.8. The molecule has 1 aromatic rings. The van der Waals surface area contributed by atoms with Crippen LogP contribution < -0.4 is 4.74 Å². The standard InChI is InChI=1S/C51H90O8S2Si2/c1-19-55-41(6)56-30-28-43-33-45(57-51(35-43)60-31-32-61-51)37(2)21-20-22-38(3)46(58-62(15,16)49(7,8)9)34-47(59-63(17,18)50(10,11)12)40(5)48(53-14)39(4)27-29-54-36-42-23-25-44(52-13)26-24-42/h20-27,37,40-41,43,45-48H,19,28-36H2,1-18H3/b21-20+,38-22+,39-27+/t37-,40+,41?,43-,45-,46+,47+,48+/m1/s1. The zero-order chi connectivity index (χ0) is 47.2. The zero-order valence-corrected chi connectivity index (χ0v) is 46.5. The maximum absolute atomic E-state index is 7.46. The van der Waals surface area contributed by atoms with E-state index in [1.165, 1.54) is 5.57 Å². The lowest BCUT2D eigenvalue weighted by atomic mass is 9.87. The van der Waals surface area contributed by atoms with Crippen LogP contribution >= 0.6 is 23.5 Å². The molecule has 1 spiro atoms. The molecule has 0 bridgehead atoms. The third-order valence-electron chi connectivity index (χ3n) is 14.0. The van der Waals surface area contributed by atoms with Crippen molar-refractivity contribution in [3.05, 3.63) is 65.3 Å². The molecule has 1 aromatic carbocycles. The molecule has 8 nitrogen and oxygen atoms in total. The fourth-order valence-electron chi connectivity index (χ4n) is 7.76. The molecule has 0 amide bonds. The molecule has 0 radical (unpaired) electrons. The summed E-state index contributed by atoms with van der Waals surface area (Å²) in [5.74, 6) is 3.98. The summed E-state index contributed by atoms with van der Waals surface area (Å²) in [5.41, 5.74) is 3.47. The van der Waals surface area contributed by atoms with Crippen LogP contribution in [-0.2, 0) is 39.1 Å². The van der Waals surface area contributed by atoms with Crippen molar-refractivity contribution in [3.63, 3.8) is 0 Å². The molecular formula is C51H90O8S2Si2. The number of ether oxygens (including phenoxy) is 6. The van der Waals surface area contributed by atoms with Gasteiger partial charge < -0.3 is 37.3 Å². The lowest BCUT2D eigenvalue weighted by Crippen LogP contribution is -2.50. The Kier molecular flexibility index (Phi) is 22.8. The van der Waals surface area contributed by atoms with Gasteiger partial charge in [0.05, 0.1) is 44.7 Å². The monoisotopic (exact) mass is 951 g/mol. The number of hydrogen-bond donors (Lipinski definition) is 0. The van der Waals surface area contributed by atoms with Crippen molar-refractivity contribution >= 4 is 40.2 Å². The number of thioether (sulfide) groups is 2. The molecule has 0 aromatic heterocycles. The molecular weight excluding hydrogens is 861 g/mol. The first-order chi connectivity index (χ1) is 29.4. The third kappa shape index (κ3) is 17.6. The Hall–Kier alpha value is -0.906. The molecule has 2 saturated heterocycles. The first kappa shape index (κ1) is 56.4. The van der Waals surface area contributed by atoms with Gasteiger partial charge in [0.2, 0.25) is 0 Å². The highest BCUT2D eigenvalue weighted by atomic mass is 32.2. The summed E-state index contributed by atoms with van der Waals surface area (Å²) in [5, 5.41) is 0.0845. The number of allylic oxidation sites excluding steroid dienone is 2. The van der Waals surface area contributed by atoms with Gasteiger partial charge in [0, 0.05) is 50.1 Å². The molecule has 2 heterocycles. The molecule has 8 atom stereocenters. The minimum absolute atomic E-state index is 0.0382. The molecule has 12 heteroatoms. The van der Waals surface area contributed by atoms with Crippen molar-refractivity contribution in [2.75, 3.05) is 45.5 Å². The van der Waals surface area contributed by atoms with Gasteiger partial charge in [0.25, 0.3) is 0 Å². The summed E-state index contributed by atoms with van der Waals surface area (Å²) in [6, 6.07) is 8.02. The molecule has 362 valence electrons. The van der Waals surface area contributed by atoms with Crippen LogP contribution in [0.5, 0.6) is 5.75 Å². The Morgan fingerprint density at radius 1 is 0.889 bits per heavy atom. The lowest BCUT2D eigenvalue weighted by molar-refractivity contribution is -0.133. The maximum Gasteiger partial charge on any atom is 0.192 e. The first-order valence-corrected chi connectivity index (χ1v) is 31.5. The van der Waals surface area contributed by atoms with Gasteiger partial charge >= 0.3 is 0 Å². The Labute approximate surface area is 396 Å². The average Bonchev–Trinajstić information content (AvgIpc) is 3.64. The average molecular weight is 952 g/mol. The van der Waals surface area contributed by atoms with E-state index >= 15 is 0 Å². The first-order valence-electron chi connectivity index (χ1n) is 23.7. The highest BCUT2D eigenvalue weighted by Crippen LogP contribution is 2.54. The van der Waals surface area contributed by atoms with Crippen LogP contribution in [0.25, 0.3) is 0 Å². The molecule has 2 aliphatic rings. The molecule has 3 rings (SSSR count). The summed E-state index contributed by atoms with van der Waals surface area (Å²) in [4.78, 5) is 0. The van der Waals surface area contributed by atoms with Crippen LogP contribution in [0, 0.1) is 17.8 Å². The van der Waals surface area contributed by atoms with E-state index in [4.69, 9.17) is 37.3 Å². The number of benzene rings is 1. The van der Waals surface area contributed by atoms with E-state index in [2.05, 4.69) is 120 Å². The van der Waals surface area contributed by atoms with Crippen molar-refractivity contribution in [2.24, 2.45) is 17.8 Å². The Morgan fingerprint density at radius 3 is 2.08 bits per heavy atom. The Balaban J connectivity index is 1.89. The summed E-state index contributed by atoms with van der Waals surface area (Å²) in [7, 11) is -0.903. The second-order valence-electron chi connectivity index (χ2n) is 21.0. The second kappa shape index (κ2) is 25.5. The SMILES string of the molecule is CCOC(C)OCC[C@@H]1C[C@H]([C@H](C)/C=C/C=C(\C)[C@H](C[C@H](O[Si](C)(C)C(C)(C)C)[C@H](C)[C@@H](OC)/C(C)=C/COCc2ccc(OC)cc2)O[Si](C)(C)C(C)(C)C)OC2(C1)SCCS2.